The van der Waals surface area contributed by atoms with Gasteiger partial charge in [0.25, 0.3) is 0 Å². The zero-order valence-electron chi connectivity index (χ0n) is 11.3. The van der Waals surface area contributed by atoms with Crippen molar-refractivity contribution in [3.63, 3.8) is 0 Å². The second-order valence-corrected chi connectivity index (χ2v) is 5.89. The van der Waals surface area contributed by atoms with Crippen LogP contribution in [-0.4, -0.2) is 48.3 Å². The molecule has 0 spiro atoms. The average molecular weight is 228 g/mol. The molecule has 0 aromatic carbocycles. The molecule has 2 atom stereocenters. The van der Waals surface area contributed by atoms with Crippen molar-refractivity contribution >= 4 is 0 Å². The van der Waals surface area contributed by atoms with Crippen molar-refractivity contribution in [2.24, 2.45) is 5.41 Å². The van der Waals surface area contributed by atoms with Crippen LogP contribution in [0.2, 0.25) is 0 Å². The van der Waals surface area contributed by atoms with E-state index in [1.807, 2.05) is 0 Å². The first-order valence-electron chi connectivity index (χ1n) is 6.57. The summed E-state index contributed by atoms with van der Waals surface area (Å²) in [5.74, 6) is 0. The van der Waals surface area contributed by atoms with Crippen molar-refractivity contribution in [1.82, 2.24) is 10.2 Å². The number of aliphatic hydroxyl groups excluding tert-OH is 1. The van der Waals surface area contributed by atoms with E-state index in [2.05, 4.69) is 37.9 Å². The van der Waals surface area contributed by atoms with Gasteiger partial charge in [0.2, 0.25) is 0 Å². The van der Waals surface area contributed by atoms with Crippen LogP contribution in [-0.2, 0) is 0 Å². The van der Waals surface area contributed by atoms with Gasteiger partial charge in [0.05, 0.1) is 0 Å². The highest BCUT2D eigenvalue weighted by atomic mass is 16.3. The summed E-state index contributed by atoms with van der Waals surface area (Å²) in [6, 6.07) is 1.09. The molecule has 0 radical (unpaired) electrons. The van der Waals surface area contributed by atoms with Crippen LogP contribution in [0.4, 0.5) is 0 Å². The second-order valence-electron chi connectivity index (χ2n) is 5.89. The third-order valence-corrected chi connectivity index (χ3v) is 3.68. The van der Waals surface area contributed by atoms with Crippen LogP contribution in [0.15, 0.2) is 0 Å². The molecule has 1 rings (SSSR count). The molecule has 3 heteroatoms. The van der Waals surface area contributed by atoms with E-state index in [9.17, 15) is 0 Å². The summed E-state index contributed by atoms with van der Waals surface area (Å²) < 4.78 is 0. The minimum Gasteiger partial charge on any atom is -0.396 e. The van der Waals surface area contributed by atoms with Crippen molar-refractivity contribution in [3.05, 3.63) is 0 Å². The lowest BCUT2D eigenvalue weighted by Gasteiger charge is -2.38. The first-order chi connectivity index (χ1) is 7.50. The molecule has 1 heterocycles. The summed E-state index contributed by atoms with van der Waals surface area (Å²) in [7, 11) is 0. The molecule has 0 aromatic rings. The minimum atomic E-state index is 0.291. The van der Waals surface area contributed by atoms with E-state index in [4.69, 9.17) is 5.11 Å². The van der Waals surface area contributed by atoms with Gasteiger partial charge in [0.1, 0.15) is 0 Å². The summed E-state index contributed by atoms with van der Waals surface area (Å²) in [5, 5.41) is 12.7. The van der Waals surface area contributed by atoms with E-state index in [1.54, 1.807) is 0 Å². The zero-order valence-corrected chi connectivity index (χ0v) is 11.3. The van der Waals surface area contributed by atoms with Crippen LogP contribution < -0.4 is 5.32 Å². The molecule has 0 bridgehead atoms. The SMILES string of the molecule is CCC(C)N1CC(C)(C)CNCC1CCO. The summed E-state index contributed by atoms with van der Waals surface area (Å²) in [4.78, 5) is 2.58. The molecule has 2 unspecified atom stereocenters. The van der Waals surface area contributed by atoms with Gasteiger partial charge in [0.15, 0.2) is 0 Å². The zero-order chi connectivity index (χ0) is 12.2. The molecular weight excluding hydrogens is 200 g/mol. The van der Waals surface area contributed by atoms with Crippen LogP contribution in [0.1, 0.15) is 40.5 Å². The highest BCUT2D eigenvalue weighted by molar-refractivity contribution is 4.88. The van der Waals surface area contributed by atoms with Crippen molar-refractivity contribution in [2.75, 3.05) is 26.2 Å². The predicted octanol–water partition coefficient (Wildman–Crippen LogP) is 1.47. The maximum Gasteiger partial charge on any atom is 0.0446 e. The highest BCUT2D eigenvalue weighted by Gasteiger charge is 2.31. The molecule has 1 aliphatic heterocycles. The number of hydrogen-bond donors (Lipinski definition) is 2. The average Bonchev–Trinajstić information content (AvgIpc) is 2.37. The fourth-order valence-electron chi connectivity index (χ4n) is 2.54. The van der Waals surface area contributed by atoms with E-state index in [0.29, 0.717) is 24.1 Å². The van der Waals surface area contributed by atoms with Gasteiger partial charge in [0, 0.05) is 38.3 Å². The molecule has 2 N–H and O–H groups in total. The van der Waals surface area contributed by atoms with Crippen molar-refractivity contribution in [2.45, 2.75) is 52.6 Å². The number of aliphatic hydroxyl groups is 1. The normalized spacial score (nSPS) is 28.7. The number of nitrogens with one attached hydrogen (secondary N) is 1. The topological polar surface area (TPSA) is 35.5 Å². The molecule has 1 saturated heterocycles. The van der Waals surface area contributed by atoms with E-state index in [-0.39, 0.29) is 0 Å². The largest absolute Gasteiger partial charge is 0.396 e. The van der Waals surface area contributed by atoms with E-state index < -0.39 is 0 Å². The van der Waals surface area contributed by atoms with E-state index in [1.165, 1.54) is 6.42 Å². The van der Waals surface area contributed by atoms with Crippen molar-refractivity contribution in [1.29, 1.82) is 0 Å². The fourth-order valence-corrected chi connectivity index (χ4v) is 2.54. The lowest BCUT2D eigenvalue weighted by molar-refractivity contribution is 0.0927. The first kappa shape index (κ1) is 13.9. The molecule has 1 fully saturated rings. The van der Waals surface area contributed by atoms with Crippen molar-refractivity contribution in [3.8, 4) is 0 Å². The molecule has 3 nitrogen and oxygen atoms in total. The third kappa shape index (κ3) is 3.72. The van der Waals surface area contributed by atoms with Crippen LogP contribution in [0.25, 0.3) is 0 Å². The Morgan fingerprint density at radius 2 is 2.19 bits per heavy atom. The Bertz CT molecular complexity index is 206. The Morgan fingerprint density at radius 3 is 2.75 bits per heavy atom. The molecule has 0 saturated carbocycles. The lowest BCUT2D eigenvalue weighted by atomic mass is 9.92. The van der Waals surface area contributed by atoms with Crippen LogP contribution in [0, 0.1) is 5.41 Å². The Hall–Kier alpha value is -0.120. The summed E-state index contributed by atoms with van der Waals surface area (Å²) >= 11 is 0. The fraction of sp³-hybridized carbons (Fsp3) is 1.00. The van der Waals surface area contributed by atoms with Crippen LogP contribution >= 0.6 is 0 Å². The van der Waals surface area contributed by atoms with Gasteiger partial charge >= 0.3 is 0 Å². The molecule has 96 valence electrons. The van der Waals surface area contributed by atoms with Crippen molar-refractivity contribution < 1.29 is 5.11 Å². The van der Waals surface area contributed by atoms with Gasteiger partial charge in [-0.05, 0) is 25.2 Å². The maximum absolute atomic E-state index is 9.16. The Morgan fingerprint density at radius 1 is 1.50 bits per heavy atom. The molecule has 0 aromatic heterocycles. The standard InChI is InChI=1S/C13H28N2O/c1-5-11(2)15-10-13(3,4)9-14-8-12(15)6-7-16/h11-12,14,16H,5-10H2,1-4H3. The molecular formula is C13H28N2O. The van der Waals surface area contributed by atoms with Gasteiger partial charge in [-0.2, -0.15) is 0 Å². The predicted molar refractivity (Wildman–Crippen MR) is 68.6 cm³/mol. The van der Waals surface area contributed by atoms with Gasteiger partial charge in [-0.25, -0.2) is 0 Å². The number of rotatable bonds is 4. The highest BCUT2D eigenvalue weighted by Crippen LogP contribution is 2.24. The summed E-state index contributed by atoms with van der Waals surface area (Å²) in [6.45, 7) is 12.7. The Labute approximate surface area is 100 Å². The Kier molecular flexibility index (Phi) is 5.22. The molecule has 0 aliphatic carbocycles. The lowest BCUT2D eigenvalue weighted by Crippen LogP contribution is -2.47. The number of hydrogen-bond acceptors (Lipinski definition) is 3. The van der Waals surface area contributed by atoms with Gasteiger partial charge < -0.3 is 10.4 Å². The Balaban J connectivity index is 2.74. The smallest absolute Gasteiger partial charge is 0.0446 e. The molecule has 16 heavy (non-hydrogen) atoms. The van der Waals surface area contributed by atoms with E-state index >= 15 is 0 Å². The second kappa shape index (κ2) is 5.99. The maximum atomic E-state index is 9.16. The van der Waals surface area contributed by atoms with Gasteiger partial charge in [-0.3, -0.25) is 4.90 Å². The monoisotopic (exact) mass is 228 g/mol. The molecule has 1 aliphatic rings. The number of nitrogens with zero attached hydrogens (tertiary/aromatic N) is 1. The summed E-state index contributed by atoms with van der Waals surface area (Å²) in [5.41, 5.74) is 0.327. The first-order valence-corrected chi connectivity index (χ1v) is 6.57. The van der Waals surface area contributed by atoms with Gasteiger partial charge in [-0.1, -0.05) is 20.8 Å². The quantitative estimate of drug-likeness (QED) is 0.765. The molecule has 0 amide bonds. The van der Waals surface area contributed by atoms with Crippen LogP contribution in [0.3, 0.4) is 0 Å². The third-order valence-electron chi connectivity index (χ3n) is 3.68. The summed E-state index contributed by atoms with van der Waals surface area (Å²) in [6.07, 6.45) is 2.06. The van der Waals surface area contributed by atoms with Gasteiger partial charge in [-0.15, -0.1) is 0 Å². The van der Waals surface area contributed by atoms with Crippen LogP contribution in [0.5, 0.6) is 0 Å². The minimum absolute atomic E-state index is 0.291. The van der Waals surface area contributed by atoms with E-state index in [0.717, 1.165) is 26.1 Å².